The third-order valence-electron chi connectivity index (χ3n) is 3.72. The van der Waals surface area contributed by atoms with Crippen molar-refractivity contribution in [2.45, 2.75) is 25.8 Å². The number of rotatable bonds is 1. The minimum atomic E-state index is 0.336. The first-order valence-corrected chi connectivity index (χ1v) is 6.06. The third-order valence-corrected chi connectivity index (χ3v) is 3.72. The van der Waals surface area contributed by atoms with E-state index in [1.807, 2.05) is 0 Å². The average Bonchev–Trinajstić information content (AvgIpc) is 2.55. The van der Waals surface area contributed by atoms with Gasteiger partial charge >= 0.3 is 0 Å². The van der Waals surface area contributed by atoms with Crippen molar-refractivity contribution in [2.75, 3.05) is 6.61 Å². The van der Waals surface area contributed by atoms with Crippen LogP contribution < -0.4 is 0 Å². The fraction of sp³-hybridized carbons (Fsp3) is 0.429. The molecule has 0 spiro atoms. The Morgan fingerprint density at radius 3 is 3.00 bits per heavy atom. The van der Waals surface area contributed by atoms with Crippen molar-refractivity contribution in [3.05, 3.63) is 36.0 Å². The summed E-state index contributed by atoms with van der Waals surface area (Å²) in [6.45, 7) is 1.39. The van der Waals surface area contributed by atoms with Gasteiger partial charge in [-0.05, 0) is 42.7 Å². The molecule has 0 saturated heterocycles. The van der Waals surface area contributed by atoms with Crippen molar-refractivity contribution in [3.8, 4) is 0 Å². The summed E-state index contributed by atoms with van der Waals surface area (Å²) < 4.78 is 2.42. The fourth-order valence-electron chi connectivity index (χ4n) is 2.73. The number of fused-ring (bicyclic) bond motifs is 3. The van der Waals surface area contributed by atoms with Crippen LogP contribution in [0.1, 0.15) is 18.5 Å². The molecule has 0 saturated carbocycles. The Bertz CT molecular complexity index is 500. The monoisotopic (exact) mass is 215 g/mol. The summed E-state index contributed by atoms with van der Waals surface area (Å²) in [7, 11) is 0. The van der Waals surface area contributed by atoms with E-state index in [0.717, 1.165) is 25.8 Å². The predicted octanol–water partition coefficient (Wildman–Crippen LogP) is 2.59. The summed E-state index contributed by atoms with van der Waals surface area (Å²) in [5.74, 6) is 0.485. The van der Waals surface area contributed by atoms with Gasteiger partial charge in [0, 0.05) is 24.4 Å². The zero-order chi connectivity index (χ0) is 11.0. The Morgan fingerprint density at radius 1 is 1.25 bits per heavy atom. The van der Waals surface area contributed by atoms with Crippen molar-refractivity contribution in [1.82, 2.24) is 4.57 Å². The molecule has 0 fully saturated rings. The second-order valence-corrected chi connectivity index (χ2v) is 4.72. The molecule has 1 aromatic carbocycles. The van der Waals surface area contributed by atoms with Crippen LogP contribution in [-0.2, 0) is 13.0 Å². The van der Waals surface area contributed by atoms with Crippen LogP contribution in [0.3, 0.4) is 0 Å². The minimum Gasteiger partial charge on any atom is -0.396 e. The summed E-state index contributed by atoms with van der Waals surface area (Å²) >= 11 is 0. The molecule has 1 aromatic heterocycles. The first-order chi connectivity index (χ1) is 7.88. The molecule has 2 heterocycles. The van der Waals surface area contributed by atoms with Crippen molar-refractivity contribution < 1.29 is 5.11 Å². The summed E-state index contributed by atoms with van der Waals surface area (Å²) in [5.41, 5.74) is 2.77. The van der Waals surface area contributed by atoms with E-state index in [2.05, 4.69) is 34.9 Å². The Balaban J connectivity index is 2.04. The van der Waals surface area contributed by atoms with E-state index in [4.69, 9.17) is 0 Å². The lowest BCUT2D eigenvalue weighted by molar-refractivity contribution is 0.211. The standard InChI is InChI=1S/C14H17NO/c16-10-11-5-6-13-9-12-3-1-2-4-14(12)15(13)8-7-11/h1-4,9,11,16H,5-8,10H2. The van der Waals surface area contributed by atoms with Crippen LogP contribution in [0, 0.1) is 5.92 Å². The van der Waals surface area contributed by atoms with Gasteiger partial charge in [0.15, 0.2) is 0 Å². The average molecular weight is 215 g/mol. The molecule has 16 heavy (non-hydrogen) atoms. The van der Waals surface area contributed by atoms with Gasteiger partial charge in [-0.25, -0.2) is 0 Å². The van der Waals surface area contributed by atoms with E-state index in [9.17, 15) is 5.11 Å². The first kappa shape index (κ1) is 9.91. The number of aryl methyl sites for hydroxylation is 2. The van der Waals surface area contributed by atoms with Crippen molar-refractivity contribution >= 4 is 10.9 Å². The minimum absolute atomic E-state index is 0.336. The van der Waals surface area contributed by atoms with Crippen molar-refractivity contribution in [2.24, 2.45) is 5.92 Å². The number of aliphatic hydroxyl groups excluding tert-OH is 1. The number of para-hydroxylation sites is 1. The van der Waals surface area contributed by atoms with Gasteiger partial charge in [-0.1, -0.05) is 18.2 Å². The van der Waals surface area contributed by atoms with E-state index >= 15 is 0 Å². The largest absolute Gasteiger partial charge is 0.396 e. The highest BCUT2D eigenvalue weighted by Crippen LogP contribution is 2.26. The summed E-state index contributed by atoms with van der Waals surface area (Å²) in [5, 5.41) is 10.6. The van der Waals surface area contributed by atoms with Crippen LogP contribution >= 0.6 is 0 Å². The number of hydrogen-bond acceptors (Lipinski definition) is 1. The zero-order valence-corrected chi connectivity index (χ0v) is 9.39. The smallest absolute Gasteiger partial charge is 0.0482 e. The lowest BCUT2D eigenvalue weighted by atomic mass is 10.0. The Hall–Kier alpha value is -1.28. The van der Waals surface area contributed by atoms with Gasteiger partial charge in [-0.2, -0.15) is 0 Å². The van der Waals surface area contributed by atoms with Crippen LogP contribution in [0.4, 0.5) is 0 Å². The molecule has 1 aliphatic heterocycles. The molecule has 2 heteroatoms. The Kier molecular flexibility index (Phi) is 2.44. The lowest BCUT2D eigenvalue weighted by Gasteiger charge is -2.09. The van der Waals surface area contributed by atoms with Crippen molar-refractivity contribution in [1.29, 1.82) is 0 Å². The van der Waals surface area contributed by atoms with Gasteiger partial charge < -0.3 is 9.67 Å². The van der Waals surface area contributed by atoms with E-state index in [0.29, 0.717) is 12.5 Å². The SMILES string of the molecule is OCC1CCc2cc3ccccc3n2CC1. The number of aromatic nitrogens is 1. The first-order valence-electron chi connectivity index (χ1n) is 6.06. The third kappa shape index (κ3) is 1.54. The topological polar surface area (TPSA) is 25.2 Å². The second kappa shape index (κ2) is 3.95. The van der Waals surface area contributed by atoms with Crippen LogP contribution in [0.5, 0.6) is 0 Å². The maximum atomic E-state index is 9.24. The van der Waals surface area contributed by atoms with Gasteiger partial charge in [-0.15, -0.1) is 0 Å². The molecule has 0 radical (unpaired) electrons. The van der Waals surface area contributed by atoms with Gasteiger partial charge in [0.2, 0.25) is 0 Å². The van der Waals surface area contributed by atoms with Gasteiger partial charge in [-0.3, -0.25) is 0 Å². The highest BCUT2D eigenvalue weighted by molar-refractivity contribution is 5.81. The molecule has 0 amide bonds. The van der Waals surface area contributed by atoms with E-state index in [-0.39, 0.29) is 0 Å². The highest BCUT2D eigenvalue weighted by Gasteiger charge is 2.16. The van der Waals surface area contributed by atoms with Crippen LogP contribution in [0.15, 0.2) is 30.3 Å². The number of hydrogen-bond donors (Lipinski definition) is 1. The molecule has 3 rings (SSSR count). The lowest BCUT2D eigenvalue weighted by Crippen LogP contribution is -2.06. The van der Waals surface area contributed by atoms with Crippen LogP contribution in [-0.4, -0.2) is 16.3 Å². The van der Waals surface area contributed by atoms with Crippen LogP contribution in [0.25, 0.3) is 10.9 Å². The Morgan fingerprint density at radius 2 is 2.12 bits per heavy atom. The van der Waals surface area contributed by atoms with Crippen molar-refractivity contribution in [3.63, 3.8) is 0 Å². The van der Waals surface area contributed by atoms with Gasteiger partial charge in [0.05, 0.1) is 0 Å². The molecular formula is C14H17NO. The second-order valence-electron chi connectivity index (χ2n) is 4.72. The number of aliphatic hydroxyl groups is 1. The quantitative estimate of drug-likeness (QED) is 0.777. The summed E-state index contributed by atoms with van der Waals surface area (Å²) in [6, 6.07) is 10.9. The maximum Gasteiger partial charge on any atom is 0.0482 e. The zero-order valence-electron chi connectivity index (χ0n) is 9.39. The predicted molar refractivity (Wildman–Crippen MR) is 65.5 cm³/mol. The summed E-state index contributed by atoms with van der Waals surface area (Å²) in [6.07, 6.45) is 3.31. The fourth-order valence-corrected chi connectivity index (χ4v) is 2.73. The molecule has 0 aliphatic carbocycles. The normalized spacial score (nSPS) is 20.7. The Labute approximate surface area is 95.5 Å². The molecule has 84 valence electrons. The molecular weight excluding hydrogens is 198 g/mol. The number of benzene rings is 1. The molecule has 1 atom stereocenters. The highest BCUT2D eigenvalue weighted by atomic mass is 16.3. The molecule has 2 aromatic rings. The van der Waals surface area contributed by atoms with Gasteiger partial charge in [0.25, 0.3) is 0 Å². The molecule has 0 bridgehead atoms. The molecule has 1 unspecified atom stereocenters. The summed E-state index contributed by atoms with van der Waals surface area (Å²) in [4.78, 5) is 0. The van der Waals surface area contributed by atoms with Gasteiger partial charge in [0.1, 0.15) is 0 Å². The maximum absolute atomic E-state index is 9.24. The molecule has 1 N–H and O–H groups in total. The van der Waals surface area contributed by atoms with Crippen LogP contribution in [0.2, 0.25) is 0 Å². The van der Waals surface area contributed by atoms with E-state index < -0.39 is 0 Å². The molecule has 1 aliphatic rings. The van der Waals surface area contributed by atoms with E-state index in [1.54, 1.807) is 0 Å². The molecule has 2 nitrogen and oxygen atoms in total. The van der Waals surface area contributed by atoms with E-state index in [1.165, 1.54) is 16.6 Å². The number of nitrogens with zero attached hydrogens (tertiary/aromatic N) is 1.